The van der Waals surface area contributed by atoms with Crippen molar-refractivity contribution < 1.29 is 22.8 Å². The van der Waals surface area contributed by atoms with Crippen LogP contribution in [0.15, 0.2) is 27.7 Å². The van der Waals surface area contributed by atoms with Gasteiger partial charge in [0.2, 0.25) is 5.89 Å². The van der Waals surface area contributed by atoms with Crippen LogP contribution in [0.25, 0.3) is 0 Å². The minimum absolute atomic E-state index is 0. The van der Waals surface area contributed by atoms with Crippen molar-refractivity contribution in [3.63, 3.8) is 0 Å². The second-order valence-electron chi connectivity index (χ2n) is 5.81. The van der Waals surface area contributed by atoms with Gasteiger partial charge in [-0.25, -0.2) is 4.99 Å². The van der Waals surface area contributed by atoms with Crippen molar-refractivity contribution in [3.8, 4) is 11.5 Å². The lowest BCUT2D eigenvalue weighted by molar-refractivity contribution is -0.0504. The lowest BCUT2D eigenvalue weighted by Gasteiger charge is -2.13. The van der Waals surface area contributed by atoms with Crippen LogP contribution in [0, 0.1) is 6.92 Å². The van der Waals surface area contributed by atoms with E-state index in [2.05, 4.69) is 30.5 Å². The molecule has 1 aromatic carbocycles. The summed E-state index contributed by atoms with van der Waals surface area (Å²) < 4.78 is 40.0. The third-order valence-electron chi connectivity index (χ3n) is 3.66. The van der Waals surface area contributed by atoms with Gasteiger partial charge < -0.3 is 24.6 Å². The second-order valence-corrected chi connectivity index (χ2v) is 5.81. The summed E-state index contributed by atoms with van der Waals surface area (Å²) in [5.74, 6) is 2.38. The molecule has 0 aliphatic carbocycles. The molecule has 0 bridgehead atoms. The number of halogens is 3. The fourth-order valence-corrected chi connectivity index (χ4v) is 2.41. The van der Waals surface area contributed by atoms with E-state index in [4.69, 9.17) is 9.26 Å². The molecule has 0 saturated carbocycles. The summed E-state index contributed by atoms with van der Waals surface area (Å²) in [7, 11) is 1.51. The Morgan fingerprint density at radius 3 is 2.72 bits per heavy atom. The van der Waals surface area contributed by atoms with Crippen molar-refractivity contribution in [3.05, 3.63) is 35.5 Å². The first-order valence-electron chi connectivity index (χ1n) is 8.95. The van der Waals surface area contributed by atoms with Crippen LogP contribution in [0.2, 0.25) is 0 Å². The second kappa shape index (κ2) is 13.1. The normalized spacial score (nSPS) is 11.2. The Morgan fingerprint density at radius 2 is 2.10 bits per heavy atom. The maximum atomic E-state index is 12.6. The molecule has 1 aromatic heterocycles. The maximum Gasteiger partial charge on any atom is 0.387 e. The number of rotatable bonds is 10. The quantitative estimate of drug-likeness (QED) is 0.213. The average Bonchev–Trinajstić information content (AvgIpc) is 3.08. The number of benzene rings is 1. The van der Waals surface area contributed by atoms with E-state index < -0.39 is 6.61 Å². The molecule has 0 spiro atoms. The van der Waals surface area contributed by atoms with Gasteiger partial charge in [-0.2, -0.15) is 13.8 Å². The Labute approximate surface area is 185 Å². The number of aryl methyl sites for hydroxylation is 2. The molecule has 2 aromatic rings. The molecule has 0 radical (unpaired) electrons. The number of nitrogens with one attached hydrogen (secondary N) is 2. The average molecular weight is 525 g/mol. The minimum atomic E-state index is -2.91. The minimum Gasteiger partial charge on any atom is -0.497 e. The van der Waals surface area contributed by atoms with Crippen molar-refractivity contribution in [1.29, 1.82) is 0 Å². The molecule has 0 atom stereocenters. The smallest absolute Gasteiger partial charge is 0.387 e. The highest BCUT2D eigenvalue weighted by molar-refractivity contribution is 14.0. The molecule has 162 valence electrons. The van der Waals surface area contributed by atoms with Crippen LogP contribution in [0.1, 0.15) is 30.6 Å². The van der Waals surface area contributed by atoms with Crippen LogP contribution in [-0.4, -0.2) is 42.9 Å². The number of guanidine groups is 1. The largest absolute Gasteiger partial charge is 0.497 e. The van der Waals surface area contributed by atoms with Crippen molar-refractivity contribution in [1.82, 2.24) is 20.8 Å². The molecule has 11 heteroatoms. The summed E-state index contributed by atoms with van der Waals surface area (Å²) in [4.78, 5) is 8.59. The van der Waals surface area contributed by atoms with Crippen molar-refractivity contribution >= 4 is 29.9 Å². The Hall–Kier alpha value is -2.18. The fraction of sp³-hybridized carbons (Fsp3) is 0.500. The highest BCUT2D eigenvalue weighted by atomic mass is 127. The molecule has 0 unspecified atom stereocenters. The number of ether oxygens (including phenoxy) is 2. The molecule has 1 heterocycles. The van der Waals surface area contributed by atoms with Gasteiger partial charge in [0, 0.05) is 25.1 Å². The van der Waals surface area contributed by atoms with Gasteiger partial charge in [-0.1, -0.05) is 5.16 Å². The molecule has 0 aliphatic heterocycles. The summed E-state index contributed by atoms with van der Waals surface area (Å²) in [5.41, 5.74) is 0.498. The van der Waals surface area contributed by atoms with Gasteiger partial charge in [0.05, 0.1) is 13.7 Å². The zero-order valence-electron chi connectivity index (χ0n) is 16.6. The van der Waals surface area contributed by atoms with E-state index in [1.54, 1.807) is 19.1 Å². The van der Waals surface area contributed by atoms with Crippen LogP contribution < -0.4 is 20.1 Å². The number of hydrogen-bond acceptors (Lipinski definition) is 6. The van der Waals surface area contributed by atoms with Gasteiger partial charge in [0.1, 0.15) is 11.5 Å². The zero-order chi connectivity index (χ0) is 20.4. The van der Waals surface area contributed by atoms with Crippen molar-refractivity contribution in [2.24, 2.45) is 4.99 Å². The van der Waals surface area contributed by atoms with E-state index >= 15 is 0 Å². The van der Waals surface area contributed by atoms with Crippen LogP contribution in [0.5, 0.6) is 11.5 Å². The van der Waals surface area contributed by atoms with E-state index in [9.17, 15) is 8.78 Å². The van der Waals surface area contributed by atoms with Gasteiger partial charge in [-0.05, 0) is 38.5 Å². The first-order chi connectivity index (χ1) is 13.5. The van der Waals surface area contributed by atoms with Gasteiger partial charge in [0.25, 0.3) is 0 Å². The molecular weight excluding hydrogens is 499 g/mol. The lowest BCUT2D eigenvalue weighted by atomic mass is 10.2. The molecule has 29 heavy (non-hydrogen) atoms. The molecule has 8 nitrogen and oxygen atoms in total. The molecule has 0 aliphatic rings. The Kier molecular flexibility index (Phi) is 11.2. The molecular formula is C18H26F2IN5O3. The Bertz CT molecular complexity index is 774. The summed E-state index contributed by atoms with van der Waals surface area (Å²) in [6, 6.07) is 4.64. The maximum absolute atomic E-state index is 12.6. The predicted molar refractivity (Wildman–Crippen MR) is 115 cm³/mol. The SMILES string of the molecule is CCNC(=NCc1cc(OC)ccc1OC(F)F)NCCCc1nc(C)no1.I. The van der Waals surface area contributed by atoms with Crippen molar-refractivity contribution in [2.45, 2.75) is 39.8 Å². The van der Waals surface area contributed by atoms with Gasteiger partial charge in [-0.15, -0.1) is 24.0 Å². The number of aromatic nitrogens is 2. The zero-order valence-corrected chi connectivity index (χ0v) is 18.9. The lowest BCUT2D eigenvalue weighted by Crippen LogP contribution is -2.37. The topological polar surface area (TPSA) is 93.8 Å². The van der Waals surface area contributed by atoms with E-state index in [1.807, 2.05) is 6.92 Å². The van der Waals surface area contributed by atoms with Gasteiger partial charge in [-0.3, -0.25) is 0 Å². The number of hydrogen-bond donors (Lipinski definition) is 2. The van der Waals surface area contributed by atoms with Crippen LogP contribution in [0.4, 0.5) is 8.78 Å². The summed E-state index contributed by atoms with van der Waals surface area (Å²) in [5, 5.41) is 10.0. The predicted octanol–water partition coefficient (Wildman–Crippen LogP) is 3.29. The highest BCUT2D eigenvalue weighted by Gasteiger charge is 2.11. The van der Waals surface area contributed by atoms with Gasteiger partial charge in [0.15, 0.2) is 11.8 Å². The fourth-order valence-electron chi connectivity index (χ4n) is 2.41. The monoisotopic (exact) mass is 525 g/mol. The van der Waals surface area contributed by atoms with Crippen LogP contribution in [0.3, 0.4) is 0 Å². The number of methoxy groups -OCH3 is 1. The third-order valence-corrected chi connectivity index (χ3v) is 3.66. The number of aliphatic imine (C=N–C) groups is 1. The number of nitrogens with zero attached hydrogens (tertiary/aromatic N) is 3. The third kappa shape index (κ3) is 8.79. The Morgan fingerprint density at radius 1 is 1.31 bits per heavy atom. The van der Waals surface area contributed by atoms with Crippen molar-refractivity contribution in [2.75, 3.05) is 20.2 Å². The molecule has 2 N–H and O–H groups in total. The summed E-state index contributed by atoms with van der Waals surface area (Å²) in [6.07, 6.45) is 1.42. The van der Waals surface area contributed by atoms with E-state index in [-0.39, 0.29) is 36.3 Å². The van der Waals surface area contributed by atoms with E-state index in [1.165, 1.54) is 13.2 Å². The molecule has 0 saturated heterocycles. The highest BCUT2D eigenvalue weighted by Crippen LogP contribution is 2.26. The first-order valence-corrected chi connectivity index (χ1v) is 8.95. The summed E-state index contributed by atoms with van der Waals surface area (Å²) in [6.45, 7) is 2.24. The molecule has 0 fully saturated rings. The van der Waals surface area contributed by atoms with E-state index in [0.29, 0.717) is 48.5 Å². The number of alkyl halides is 2. The molecule has 0 amide bonds. The van der Waals surface area contributed by atoms with Crippen LogP contribution in [-0.2, 0) is 13.0 Å². The Balaban J connectivity index is 0.00000420. The van der Waals surface area contributed by atoms with Crippen LogP contribution >= 0.6 is 24.0 Å². The standard InChI is InChI=1S/C18H25F2N5O3.HI/c1-4-21-18(22-9-5-6-16-24-12(2)25-28-16)23-11-13-10-14(26-3)7-8-15(13)27-17(19)20;/h7-8,10,17H,4-6,9,11H2,1-3H3,(H2,21,22,23);1H. The van der Waals surface area contributed by atoms with Gasteiger partial charge >= 0.3 is 6.61 Å². The summed E-state index contributed by atoms with van der Waals surface area (Å²) >= 11 is 0. The van der Waals surface area contributed by atoms with E-state index in [0.717, 1.165) is 6.42 Å². The first kappa shape index (κ1) is 24.9. The molecule has 2 rings (SSSR count).